The molecule has 0 amide bonds. The van der Waals surface area contributed by atoms with E-state index in [1.54, 1.807) is 19.1 Å². The Hall–Kier alpha value is -1.75. The van der Waals surface area contributed by atoms with E-state index in [0.717, 1.165) is 0 Å². The molecule has 0 radical (unpaired) electrons. The van der Waals surface area contributed by atoms with E-state index in [9.17, 15) is 4.79 Å². The second kappa shape index (κ2) is 5.82. The molecule has 0 unspecified atom stereocenters. The van der Waals surface area contributed by atoms with E-state index in [1.165, 1.54) is 6.07 Å². The zero-order chi connectivity index (χ0) is 11.1. The Bertz CT molecular complexity index is 291. The molecule has 0 aliphatic rings. The molecule has 5 nitrogen and oxygen atoms in total. The van der Waals surface area contributed by atoms with E-state index in [2.05, 4.69) is 5.73 Å². The van der Waals surface area contributed by atoms with Crippen LogP contribution in [-0.2, 0) is 4.79 Å². The van der Waals surface area contributed by atoms with Crippen LogP contribution in [0.15, 0.2) is 18.2 Å². The Morgan fingerprint density at radius 3 is 2.21 bits per heavy atom. The number of hydrogen-bond acceptors (Lipinski definition) is 4. The second-order valence-corrected chi connectivity index (χ2v) is 2.54. The molecule has 0 fully saturated rings. The van der Waals surface area contributed by atoms with Crippen molar-refractivity contribution in [2.75, 3.05) is 6.54 Å². The van der Waals surface area contributed by atoms with Crippen molar-refractivity contribution in [1.29, 1.82) is 0 Å². The van der Waals surface area contributed by atoms with Crippen molar-refractivity contribution < 1.29 is 20.1 Å². The molecule has 0 aliphatic heterocycles. The molecule has 0 heterocycles. The smallest absolute Gasteiger partial charge is 0.317 e. The van der Waals surface area contributed by atoms with Crippen LogP contribution in [0, 0.1) is 6.92 Å². The largest absolute Gasteiger partial charge is 0.504 e. The van der Waals surface area contributed by atoms with Crippen LogP contribution in [0.1, 0.15) is 5.56 Å². The number of rotatable bonds is 1. The Morgan fingerprint density at radius 1 is 1.43 bits per heavy atom. The van der Waals surface area contributed by atoms with E-state index in [1.807, 2.05) is 0 Å². The number of carboxylic acids is 1. The van der Waals surface area contributed by atoms with Gasteiger partial charge < -0.3 is 21.1 Å². The monoisotopic (exact) mass is 199 g/mol. The fraction of sp³-hybridized carbons (Fsp3) is 0.222. The molecule has 0 spiro atoms. The summed E-state index contributed by atoms with van der Waals surface area (Å²) in [5, 5.41) is 25.4. The van der Waals surface area contributed by atoms with Crippen molar-refractivity contribution in [3.05, 3.63) is 23.8 Å². The summed E-state index contributed by atoms with van der Waals surface area (Å²) in [6.45, 7) is 1.45. The number of aromatic hydroxyl groups is 2. The molecule has 5 N–H and O–H groups in total. The normalized spacial score (nSPS) is 8.71. The Balaban J connectivity index is 0.000000292. The molecule has 1 rings (SSSR count). The van der Waals surface area contributed by atoms with Crippen LogP contribution in [0.4, 0.5) is 0 Å². The van der Waals surface area contributed by atoms with Crippen LogP contribution in [-0.4, -0.2) is 27.8 Å². The third-order valence-corrected chi connectivity index (χ3v) is 1.39. The zero-order valence-electron chi connectivity index (χ0n) is 7.77. The second-order valence-electron chi connectivity index (χ2n) is 2.54. The maximum atomic E-state index is 9.24. The van der Waals surface area contributed by atoms with Gasteiger partial charge in [0.25, 0.3) is 0 Å². The van der Waals surface area contributed by atoms with E-state index >= 15 is 0 Å². The van der Waals surface area contributed by atoms with E-state index in [0.29, 0.717) is 5.56 Å². The van der Waals surface area contributed by atoms with Crippen LogP contribution >= 0.6 is 0 Å². The van der Waals surface area contributed by atoms with Crippen molar-refractivity contribution in [2.24, 2.45) is 5.73 Å². The molecule has 0 saturated carbocycles. The number of aryl methyl sites for hydroxylation is 1. The number of aliphatic carboxylic acids is 1. The van der Waals surface area contributed by atoms with Crippen LogP contribution in [0.5, 0.6) is 11.5 Å². The standard InChI is InChI=1S/C7H8O2.C2H5NO2/c1-5-3-2-4-6(8)7(5)9;3-1-2(4)5/h2-4,8-9H,1H3;1,3H2,(H,4,5). The van der Waals surface area contributed by atoms with Gasteiger partial charge in [-0.2, -0.15) is 0 Å². The summed E-state index contributed by atoms with van der Waals surface area (Å²) >= 11 is 0. The SMILES string of the molecule is Cc1cccc(O)c1O.NCC(=O)O. The van der Waals surface area contributed by atoms with E-state index in [4.69, 9.17) is 15.3 Å². The number of phenols is 2. The van der Waals surface area contributed by atoms with Gasteiger partial charge in [-0.05, 0) is 18.6 Å². The van der Waals surface area contributed by atoms with Crippen LogP contribution in [0.25, 0.3) is 0 Å². The molecular weight excluding hydrogens is 186 g/mol. The number of nitrogens with two attached hydrogens (primary N) is 1. The molecule has 14 heavy (non-hydrogen) atoms. The number of carbonyl (C=O) groups is 1. The van der Waals surface area contributed by atoms with Crippen molar-refractivity contribution >= 4 is 5.97 Å². The highest BCUT2D eigenvalue weighted by atomic mass is 16.4. The summed E-state index contributed by atoms with van der Waals surface area (Å²) in [5.41, 5.74) is 5.26. The third-order valence-electron chi connectivity index (χ3n) is 1.39. The maximum Gasteiger partial charge on any atom is 0.317 e. The lowest BCUT2D eigenvalue weighted by Gasteiger charge is -1.97. The zero-order valence-corrected chi connectivity index (χ0v) is 7.77. The van der Waals surface area contributed by atoms with Gasteiger partial charge in [-0.1, -0.05) is 12.1 Å². The minimum Gasteiger partial charge on any atom is -0.504 e. The topological polar surface area (TPSA) is 104 Å². The Morgan fingerprint density at radius 2 is 1.93 bits per heavy atom. The van der Waals surface area contributed by atoms with Gasteiger partial charge in [0.05, 0.1) is 6.54 Å². The van der Waals surface area contributed by atoms with E-state index < -0.39 is 5.97 Å². The first-order valence-corrected chi connectivity index (χ1v) is 3.88. The summed E-state index contributed by atoms with van der Waals surface area (Å²) in [7, 11) is 0. The van der Waals surface area contributed by atoms with E-state index in [-0.39, 0.29) is 18.0 Å². The highest BCUT2D eigenvalue weighted by molar-refractivity contribution is 5.68. The Labute approximate surface area is 81.4 Å². The molecule has 0 aromatic heterocycles. The van der Waals surface area contributed by atoms with Crippen LogP contribution in [0.2, 0.25) is 0 Å². The first-order valence-electron chi connectivity index (χ1n) is 3.88. The lowest BCUT2D eigenvalue weighted by Crippen LogP contribution is -2.10. The van der Waals surface area contributed by atoms with Gasteiger partial charge in [-0.25, -0.2) is 0 Å². The third kappa shape index (κ3) is 4.32. The molecule has 0 aliphatic carbocycles. The lowest BCUT2D eigenvalue weighted by atomic mass is 10.2. The number of phenolic OH excluding ortho intramolecular Hbond substituents is 2. The molecule has 0 bridgehead atoms. The Kier molecular flexibility index (Phi) is 5.09. The van der Waals surface area contributed by atoms with Crippen molar-refractivity contribution in [2.45, 2.75) is 6.92 Å². The first-order chi connectivity index (χ1) is 6.49. The van der Waals surface area contributed by atoms with Gasteiger partial charge in [0.2, 0.25) is 0 Å². The summed E-state index contributed by atoms with van der Waals surface area (Å²) in [5.74, 6) is -1.06. The lowest BCUT2D eigenvalue weighted by molar-refractivity contribution is -0.135. The molecule has 78 valence electrons. The highest BCUT2D eigenvalue weighted by Crippen LogP contribution is 2.26. The van der Waals surface area contributed by atoms with Crippen LogP contribution < -0.4 is 5.73 Å². The number of para-hydroxylation sites is 1. The van der Waals surface area contributed by atoms with Crippen molar-refractivity contribution in [1.82, 2.24) is 0 Å². The molecule has 1 aromatic carbocycles. The summed E-state index contributed by atoms with van der Waals surface area (Å²) in [6.07, 6.45) is 0. The maximum absolute atomic E-state index is 9.24. The van der Waals surface area contributed by atoms with Crippen molar-refractivity contribution in [3.8, 4) is 11.5 Å². The van der Waals surface area contributed by atoms with Gasteiger partial charge in [0.15, 0.2) is 11.5 Å². The molecule has 0 atom stereocenters. The van der Waals surface area contributed by atoms with Gasteiger partial charge in [0.1, 0.15) is 0 Å². The minimum atomic E-state index is -0.968. The minimum absolute atomic E-state index is 0.0301. The predicted molar refractivity (Wildman–Crippen MR) is 51.2 cm³/mol. The molecule has 0 saturated heterocycles. The summed E-state index contributed by atoms with van der Waals surface area (Å²) in [6, 6.07) is 4.86. The van der Waals surface area contributed by atoms with Gasteiger partial charge in [-0.15, -0.1) is 0 Å². The predicted octanol–water partition coefficient (Wildman–Crippen LogP) is 0.436. The molecular formula is C9H13NO4. The number of benzene rings is 1. The van der Waals surface area contributed by atoms with Gasteiger partial charge in [0, 0.05) is 0 Å². The first kappa shape index (κ1) is 12.2. The highest BCUT2D eigenvalue weighted by Gasteiger charge is 1.98. The van der Waals surface area contributed by atoms with Crippen LogP contribution in [0.3, 0.4) is 0 Å². The fourth-order valence-corrected chi connectivity index (χ4v) is 0.643. The number of hydrogen-bond donors (Lipinski definition) is 4. The average molecular weight is 199 g/mol. The van der Waals surface area contributed by atoms with Crippen molar-refractivity contribution in [3.63, 3.8) is 0 Å². The summed E-state index contributed by atoms with van der Waals surface area (Å²) < 4.78 is 0. The van der Waals surface area contributed by atoms with Gasteiger partial charge >= 0.3 is 5.97 Å². The molecule has 5 heteroatoms. The average Bonchev–Trinajstić information content (AvgIpc) is 2.15. The fourth-order valence-electron chi connectivity index (χ4n) is 0.643. The quantitative estimate of drug-likeness (QED) is 0.491. The molecule has 1 aromatic rings. The number of carboxylic acid groups (broad SMARTS) is 1. The summed E-state index contributed by atoms with van der Waals surface area (Å²) in [4.78, 5) is 9.24. The van der Waals surface area contributed by atoms with Gasteiger partial charge in [-0.3, -0.25) is 4.79 Å².